The lowest BCUT2D eigenvalue weighted by atomic mass is 9.58. The molecule has 0 saturated heterocycles. The zero-order valence-corrected chi connectivity index (χ0v) is 21.0. The fraction of sp³-hybridized carbons (Fsp3) is 0.357. The number of carbonyl (C=O) groups is 3. The number of amides is 1. The van der Waals surface area contributed by atoms with Crippen LogP contribution in [-0.2, 0) is 28.9 Å². The number of aromatic nitrogens is 1. The molecule has 1 aromatic heterocycles. The van der Waals surface area contributed by atoms with Crippen molar-refractivity contribution in [2.75, 3.05) is 14.1 Å². The summed E-state index contributed by atoms with van der Waals surface area (Å²) in [4.78, 5) is 45.0. The number of carbonyl (C=O) groups excluding carboxylic acids is 3. The number of pyridine rings is 1. The molecule has 0 fully saturated rings. The Morgan fingerprint density at radius 2 is 1.87 bits per heavy atom. The van der Waals surface area contributed by atoms with Gasteiger partial charge in [0.1, 0.15) is 22.8 Å². The van der Waals surface area contributed by atoms with Gasteiger partial charge in [-0.15, -0.1) is 0 Å². The number of primary amides is 1. The summed E-state index contributed by atoms with van der Waals surface area (Å²) in [7, 11) is 3.20. The Morgan fingerprint density at radius 3 is 2.50 bits per heavy atom. The highest BCUT2D eigenvalue weighted by Gasteiger charge is 2.63. The van der Waals surface area contributed by atoms with Crippen molar-refractivity contribution in [1.29, 1.82) is 0 Å². The van der Waals surface area contributed by atoms with Crippen molar-refractivity contribution in [3.63, 3.8) is 0 Å². The van der Waals surface area contributed by atoms with E-state index in [4.69, 9.17) is 5.73 Å². The molecule has 0 aliphatic heterocycles. The van der Waals surface area contributed by atoms with Crippen molar-refractivity contribution in [2.45, 2.75) is 37.3 Å². The summed E-state index contributed by atoms with van der Waals surface area (Å²) in [6.45, 7) is 0. The molecule has 0 bridgehead atoms. The zero-order chi connectivity index (χ0) is 27.5. The van der Waals surface area contributed by atoms with E-state index in [1.165, 1.54) is 11.0 Å². The number of allylic oxidation sites excluding steroid dienone is 1. The van der Waals surface area contributed by atoms with Gasteiger partial charge in [0.15, 0.2) is 11.4 Å². The van der Waals surface area contributed by atoms with Crippen LogP contribution in [0.1, 0.15) is 33.6 Å². The molecule has 1 aromatic carbocycles. The van der Waals surface area contributed by atoms with Crippen LogP contribution in [0.3, 0.4) is 0 Å². The van der Waals surface area contributed by atoms with Gasteiger partial charge < -0.3 is 26.2 Å². The first kappa shape index (κ1) is 25.6. The van der Waals surface area contributed by atoms with Crippen molar-refractivity contribution in [2.24, 2.45) is 17.6 Å². The molecule has 198 valence electrons. The zero-order valence-electron chi connectivity index (χ0n) is 21.0. The molecule has 3 aliphatic rings. The monoisotopic (exact) mass is 519 g/mol. The second-order valence-corrected chi connectivity index (χ2v) is 10.4. The maximum absolute atomic E-state index is 13.8. The molecule has 0 saturated carbocycles. The number of likely N-dealkylation sites (N-methyl/N-ethyl adjacent to an activating group) is 1. The van der Waals surface area contributed by atoms with Crippen LogP contribution >= 0.6 is 0 Å². The number of aromatic hydroxyl groups is 1. The third-order valence-corrected chi connectivity index (χ3v) is 8.08. The third-order valence-electron chi connectivity index (χ3n) is 8.08. The molecule has 10 nitrogen and oxygen atoms in total. The van der Waals surface area contributed by atoms with E-state index in [-0.39, 0.29) is 29.7 Å². The molecule has 3 aliphatic carbocycles. The quantitative estimate of drug-likeness (QED) is 0.365. The highest BCUT2D eigenvalue weighted by Crippen LogP contribution is 2.52. The van der Waals surface area contributed by atoms with E-state index in [0.29, 0.717) is 18.4 Å². The van der Waals surface area contributed by atoms with E-state index < -0.39 is 58.0 Å². The number of aliphatic hydroxyl groups is 3. The second kappa shape index (κ2) is 9.07. The first-order valence-electron chi connectivity index (χ1n) is 12.4. The number of aryl methyl sites for hydroxylation is 2. The standard InChI is InChI=1S/C28H29N3O7/c1-31(2)22-17-12-14-11-16-13(6-8-15-5-3-4-10-30-15)7-9-18(32)20(16)23(33)19(14)25(35)28(17,38)26(36)21(24(22)34)27(29)37/h3-5,7,9-10,14,17,22,32,34-35,38H,6,8,11-12H2,1-2H3,(H2,29,37)/t14-,17+,22-,28+/m1/s1. The molecule has 0 spiro atoms. The molecule has 38 heavy (non-hydrogen) atoms. The second-order valence-electron chi connectivity index (χ2n) is 10.4. The third kappa shape index (κ3) is 3.63. The normalized spacial score (nSPS) is 26.8. The van der Waals surface area contributed by atoms with Crippen LogP contribution in [0, 0.1) is 11.8 Å². The first-order valence-corrected chi connectivity index (χ1v) is 12.4. The lowest BCUT2D eigenvalue weighted by molar-refractivity contribution is -0.148. The van der Waals surface area contributed by atoms with E-state index in [2.05, 4.69) is 4.98 Å². The Bertz CT molecular complexity index is 1430. The summed E-state index contributed by atoms with van der Waals surface area (Å²) in [6.07, 6.45) is 3.19. The lowest BCUT2D eigenvalue weighted by Gasteiger charge is -2.50. The average molecular weight is 520 g/mol. The van der Waals surface area contributed by atoms with Gasteiger partial charge in [-0.1, -0.05) is 12.1 Å². The van der Waals surface area contributed by atoms with E-state index in [1.807, 2.05) is 18.2 Å². The molecule has 10 heteroatoms. The molecule has 4 atom stereocenters. The van der Waals surface area contributed by atoms with Crippen molar-refractivity contribution in [3.8, 4) is 5.75 Å². The van der Waals surface area contributed by atoms with Crippen LogP contribution in [-0.4, -0.2) is 73.5 Å². The largest absolute Gasteiger partial charge is 0.510 e. The Kier molecular flexibility index (Phi) is 6.12. The van der Waals surface area contributed by atoms with Crippen molar-refractivity contribution in [3.05, 3.63) is 81.6 Å². The van der Waals surface area contributed by atoms with Crippen LogP contribution in [0.25, 0.3) is 0 Å². The number of hydrogen-bond donors (Lipinski definition) is 5. The van der Waals surface area contributed by atoms with Gasteiger partial charge in [0, 0.05) is 23.4 Å². The van der Waals surface area contributed by atoms with Crippen molar-refractivity contribution in [1.82, 2.24) is 9.88 Å². The van der Waals surface area contributed by atoms with Gasteiger partial charge in [-0.3, -0.25) is 24.3 Å². The first-order chi connectivity index (χ1) is 18.0. The van der Waals surface area contributed by atoms with Crippen LogP contribution in [0.4, 0.5) is 0 Å². The van der Waals surface area contributed by atoms with E-state index in [9.17, 15) is 34.8 Å². The summed E-state index contributed by atoms with van der Waals surface area (Å²) < 4.78 is 0. The Morgan fingerprint density at radius 1 is 1.13 bits per heavy atom. The van der Waals surface area contributed by atoms with Gasteiger partial charge in [-0.2, -0.15) is 0 Å². The van der Waals surface area contributed by atoms with Gasteiger partial charge in [0.25, 0.3) is 5.91 Å². The maximum atomic E-state index is 13.8. The Balaban J connectivity index is 1.62. The minimum absolute atomic E-state index is 0.0179. The highest BCUT2D eigenvalue weighted by atomic mass is 16.3. The number of benzene rings is 1. The number of nitrogens with two attached hydrogens (primary N) is 1. The van der Waals surface area contributed by atoms with Crippen LogP contribution < -0.4 is 5.73 Å². The topological polar surface area (TPSA) is 174 Å². The summed E-state index contributed by atoms with van der Waals surface area (Å²) >= 11 is 0. The van der Waals surface area contributed by atoms with E-state index in [1.54, 1.807) is 26.4 Å². The lowest BCUT2D eigenvalue weighted by Crippen LogP contribution is -2.63. The summed E-state index contributed by atoms with van der Waals surface area (Å²) in [5.74, 6) is -6.56. The number of rotatable bonds is 5. The maximum Gasteiger partial charge on any atom is 0.255 e. The molecule has 1 heterocycles. The van der Waals surface area contributed by atoms with Crippen molar-refractivity contribution >= 4 is 17.5 Å². The predicted molar refractivity (Wildman–Crippen MR) is 135 cm³/mol. The molecular formula is C28H29N3O7. The fourth-order valence-electron chi connectivity index (χ4n) is 6.36. The number of ketones is 2. The number of fused-ring (bicyclic) bond motifs is 3. The SMILES string of the molecule is CN(C)[C@H]1C(O)=C(C(N)=O)C(=O)[C@@]2(O)C(O)=C3C(=O)c4c(O)ccc(CCc5ccccn5)c4C[C@@H]3C[C@@H]12. The van der Waals surface area contributed by atoms with E-state index in [0.717, 1.165) is 11.3 Å². The molecule has 0 unspecified atom stereocenters. The van der Waals surface area contributed by atoms with Gasteiger partial charge in [-0.25, -0.2) is 0 Å². The number of phenolic OH excluding ortho intramolecular Hbond substituents is 1. The molecule has 2 aromatic rings. The average Bonchev–Trinajstić information content (AvgIpc) is 2.86. The summed E-state index contributed by atoms with van der Waals surface area (Å²) in [6, 6.07) is 7.78. The minimum atomic E-state index is -2.64. The number of Topliss-reactive ketones (excluding diaryl/α,β-unsaturated/α-hetero) is 2. The predicted octanol–water partition coefficient (Wildman–Crippen LogP) is 1.30. The van der Waals surface area contributed by atoms with Gasteiger partial charge in [0.2, 0.25) is 5.78 Å². The van der Waals surface area contributed by atoms with Crippen molar-refractivity contribution < 1.29 is 34.8 Å². The molecule has 6 N–H and O–H groups in total. The van der Waals surface area contributed by atoms with Crippen LogP contribution in [0.15, 0.2) is 59.2 Å². The highest BCUT2D eigenvalue weighted by molar-refractivity contribution is 6.24. The van der Waals surface area contributed by atoms with Gasteiger partial charge in [0.05, 0.1) is 11.6 Å². The van der Waals surface area contributed by atoms with Crippen LogP contribution in [0.2, 0.25) is 0 Å². The number of aliphatic hydroxyl groups excluding tert-OH is 2. The van der Waals surface area contributed by atoms with E-state index >= 15 is 0 Å². The van der Waals surface area contributed by atoms with Gasteiger partial charge in [-0.05, 0) is 75.0 Å². The minimum Gasteiger partial charge on any atom is -0.510 e. The Hall–Kier alpha value is -4.02. The smallest absolute Gasteiger partial charge is 0.255 e. The summed E-state index contributed by atoms with van der Waals surface area (Å²) in [5, 5.41) is 44.5. The number of hydrogen-bond acceptors (Lipinski definition) is 9. The molecule has 5 rings (SSSR count). The summed E-state index contributed by atoms with van der Waals surface area (Å²) in [5.41, 5.74) is 4.11. The number of phenols is 1. The number of nitrogens with zero attached hydrogens (tertiary/aromatic N) is 2. The Labute approximate surface area is 218 Å². The fourth-order valence-corrected chi connectivity index (χ4v) is 6.36. The van der Waals surface area contributed by atoms with Gasteiger partial charge >= 0.3 is 0 Å². The van der Waals surface area contributed by atoms with Crippen LogP contribution in [0.5, 0.6) is 5.75 Å². The molecule has 0 radical (unpaired) electrons. The molecular weight excluding hydrogens is 490 g/mol. The molecule has 1 amide bonds.